The van der Waals surface area contributed by atoms with Crippen molar-refractivity contribution in [3.05, 3.63) is 35.7 Å². The van der Waals surface area contributed by atoms with Crippen LogP contribution in [0, 0.1) is 6.92 Å². The zero-order chi connectivity index (χ0) is 17.8. The number of nitrogens with one attached hydrogen (secondary N) is 2. The SMILES string of the molecule is CNC(=O)C[C@H]1C(=O)NCCN1Cc1noc(-c2ccc(C)cc2)n1. The molecule has 1 aromatic carbocycles. The van der Waals surface area contributed by atoms with Gasteiger partial charge in [0, 0.05) is 25.7 Å². The predicted molar refractivity (Wildman–Crippen MR) is 90.4 cm³/mol. The van der Waals surface area contributed by atoms with E-state index in [-0.39, 0.29) is 18.2 Å². The first-order valence-corrected chi connectivity index (χ1v) is 8.19. The minimum absolute atomic E-state index is 0.102. The van der Waals surface area contributed by atoms with E-state index in [1.807, 2.05) is 36.1 Å². The second kappa shape index (κ2) is 7.43. The molecule has 3 rings (SSSR count). The Morgan fingerprint density at radius 3 is 2.88 bits per heavy atom. The predicted octanol–water partition coefficient (Wildman–Crippen LogP) is 0.482. The van der Waals surface area contributed by atoms with E-state index in [9.17, 15) is 9.59 Å². The minimum Gasteiger partial charge on any atom is -0.359 e. The maximum absolute atomic E-state index is 12.1. The molecule has 132 valence electrons. The first kappa shape index (κ1) is 17.1. The summed E-state index contributed by atoms with van der Waals surface area (Å²) in [5, 5.41) is 9.35. The van der Waals surface area contributed by atoms with E-state index in [2.05, 4.69) is 20.8 Å². The highest BCUT2D eigenvalue weighted by Gasteiger charge is 2.32. The fraction of sp³-hybridized carbons (Fsp3) is 0.412. The van der Waals surface area contributed by atoms with Crippen LogP contribution >= 0.6 is 0 Å². The third-order valence-corrected chi connectivity index (χ3v) is 4.21. The average Bonchev–Trinajstić information content (AvgIpc) is 3.07. The minimum atomic E-state index is -0.532. The van der Waals surface area contributed by atoms with E-state index < -0.39 is 6.04 Å². The van der Waals surface area contributed by atoms with Gasteiger partial charge in [-0.2, -0.15) is 4.98 Å². The van der Waals surface area contributed by atoms with Crippen molar-refractivity contribution in [3.63, 3.8) is 0 Å². The van der Waals surface area contributed by atoms with Gasteiger partial charge in [-0.25, -0.2) is 0 Å². The molecule has 0 aliphatic carbocycles. The number of carbonyl (C=O) groups is 2. The monoisotopic (exact) mass is 343 g/mol. The van der Waals surface area contributed by atoms with E-state index >= 15 is 0 Å². The molecule has 1 aliphatic rings. The largest absolute Gasteiger partial charge is 0.359 e. The summed E-state index contributed by atoms with van der Waals surface area (Å²) in [6, 6.07) is 7.28. The van der Waals surface area contributed by atoms with Crippen molar-refractivity contribution in [2.45, 2.75) is 25.9 Å². The lowest BCUT2D eigenvalue weighted by atomic mass is 10.1. The van der Waals surface area contributed by atoms with Crippen LogP contribution in [0.25, 0.3) is 11.5 Å². The molecule has 8 heteroatoms. The Balaban J connectivity index is 1.73. The summed E-state index contributed by atoms with van der Waals surface area (Å²) >= 11 is 0. The van der Waals surface area contributed by atoms with Gasteiger partial charge in [0.05, 0.1) is 19.0 Å². The van der Waals surface area contributed by atoms with Crippen molar-refractivity contribution in [2.24, 2.45) is 0 Å². The summed E-state index contributed by atoms with van der Waals surface area (Å²) in [5.74, 6) is 0.601. The van der Waals surface area contributed by atoms with Crippen molar-refractivity contribution in [1.82, 2.24) is 25.7 Å². The van der Waals surface area contributed by atoms with Crippen LogP contribution < -0.4 is 10.6 Å². The Kier molecular flexibility index (Phi) is 5.08. The summed E-state index contributed by atoms with van der Waals surface area (Å²) in [5.41, 5.74) is 2.00. The normalized spacial score (nSPS) is 18.0. The molecule has 0 saturated carbocycles. The Morgan fingerprint density at radius 2 is 2.16 bits per heavy atom. The number of nitrogens with zero attached hydrogens (tertiary/aromatic N) is 3. The van der Waals surface area contributed by atoms with Crippen molar-refractivity contribution in [2.75, 3.05) is 20.1 Å². The van der Waals surface area contributed by atoms with E-state index in [4.69, 9.17) is 4.52 Å². The van der Waals surface area contributed by atoms with Gasteiger partial charge in [-0.15, -0.1) is 0 Å². The third-order valence-electron chi connectivity index (χ3n) is 4.21. The van der Waals surface area contributed by atoms with Gasteiger partial charge in [0.1, 0.15) is 0 Å². The molecule has 1 fully saturated rings. The summed E-state index contributed by atoms with van der Waals surface area (Å²) in [6.45, 7) is 3.52. The molecule has 2 amide bonds. The molecule has 2 aromatic rings. The van der Waals surface area contributed by atoms with E-state index in [1.54, 1.807) is 7.05 Å². The van der Waals surface area contributed by atoms with Crippen LogP contribution in [0.5, 0.6) is 0 Å². The van der Waals surface area contributed by atoms with Gasteiger partial charge in [-0.3, -0.25) is 14.5 Å². The van der Waals surface area contributed by atoms with Crippen LogP contribution in [-0.2, 0) is 16.1 Å². The molecule has 1 atom stereocenters. The number of carbonyl (C=O) groups excluding carboxylic acids is 2. The van der Waals surface area contributed by atoms with Crippen LogP contribution in [0.4, 0.5) is 0 Å². The highest BCUT2D eigenvalue weighted by Crippen LogP contribution is 2.19. The number of hydrogen-bond acceptors (Lipinski definition) is 6. The Morgan fingerprint density at radius 1 is 1.40 bits per heavy atom. The van der Waals surface area contributed by atoms with Crippen molar-refractivity contribution in [1.29, 1.82) is 0 Å². The average molecular weight is 343 g/mol. The number of aromatic nitrogens is 2. The molecule has 1 saturated heterocycles. The molecule has 25 heavy (non-hydrogen) atoms. The first-order chi connectivity index (χ1) is 12.1. The van der Waals surface area contributed by atoms with Crippen LogP contribution in [0.2, 0.25) is 0 Å². The smallest absolute Gasteiger partial charge is 0.257 e. The summed E-state index contributed by atoms with van der Waals surface area (Å²) in [4.78, 5) is 30.1. The summed E-state index contributed by atoms with van der Waals surface area (Å²) in [6.07, 6.45) is 0.102. The topological polar surface area (TPSA) is 100 Å². The fourth-order valence-corrected chi connectivity index (χ4v) is 2.76. The number of piperazine rings is 1. The standard InChI is InChI=1S/C17H21N5O3/c1-11-3-5-12(6-4-11)17-20-14(21-25-17)10-22-8-7-19-16(24)13(22)9-15(23)18-2/h3-6,13H,7-10H2,1-2H3,(H,18,23)(H,19,24)/t13-/m0/s1. The molecule has 0 unspecified atom stereocenters. The highest BCUT2D eigenvalue weighted by molar-refractivity contribution is 5.88. The van der Waals surface area contributed by atoms with Gasteiger partial charge in [0.2, 0.25) is 11.8 Å². The number of benzene rings is 1. The van der Waals surface area contributed by atoms with Gasteiger partial charge >= 0.3 is 0 Å². The zero-order valence-corrected chi connectivity index (χ0v) is 14.3. The van der Waals surface area contributed by atoms with Crippen LogP contribution in [0.3, 0.4) is 0 Å². The van der Waals surface area contributed by atoms with Crippen LogP contribution in [0.15, 0.2) is 28.8 Å². The number of aryl methyl sites for hydroxylation is 1. The second-order valence-electron chi connectivity index (χ2n) is 6.04. The Bertz CT molecular complexity index is 756. The van der Waals surface area contributed by atoms with Gasteiger partial charge in [-0.1, -0.05) is 22.9 Å². The lowest BCUT2D eigenvalue weighted by Crippen LogP contribution is -2.56. The summed E-state index contributed by atoms with van der Waals surface area (Å²) in [7, 11) is 1.56. The maximum Gasteiger partial charge on any atom is 0.257 e. The van der Waals surface area contributed by atoms with Crippen molar-refractivity contribution >= 4 is 11.8 Å². The maximum atomic E-state index is 12.1. The Labute approximate surface area is 145 Å². The second-order valence-corrected chi connectivity index (χ2v) is 6.04. The molecule has 0 bridgehead atoms. The van der Waals surface area contributed by atoms with Crippen molar-refractivity contribution in [3.8, 4) is 11.5 Å². The van der Waals surface area contributed by atoms with E-state index in [0.29, 0.717) is 31.3 Å². The number of rotatable bonds is 5. The third kappa shape index (κ3) is 4.03. The molecule has 2 N–H and O–H groups in total. The van der Waals surface area contributed by atoms with Gasteiger partial charge < -0.3 is 15.2 Å². The molecule has 1 aromatic heterocycles. The molecule has 0 radical (unpaired) electrons. The van der Waals surface area contributed by atoms with E-state index in [0.717, 1.165) is 11.1 Å². The quantitative estimate of drug-likeness (QED) is 0.819. The molecule has 2 heterocycles. The van der Waals surface area contributed by atoms with Gasteiger partial charge in [-0.05, 0) is 19.1 Å². The molecule has 0 spiro atoms. The fourth-order valence-electron chi connectivity index (χ4n) is 2.76. The van der Waals surface area contributed by atoms with E-state index in [1.165, 1.54) is 0 Å². The Hall–Kier alpha value is -2.74. The number of hydrogen-bond donors (Lipinski definition) is 2. The van der Waals surface area contributed by atoms with Crippen LogP contribution in [0.1, 0.15) is 17.8 Å². The molecular weight excluding hydrogens is 322 g/mol. The number of amides is 2. The van der Waals surface area contributed by atoms with Gasteiger partial charge in [0.15, 0.2) is 5.82 Å². The first-order valence-electron chi connectivity index (χ1n) is 8.19. The van der Waals surface area contributed by atoms with Gasteiger partial charge in [0.25, 0.3) is 5.89 Å². The lowest BCUT2D eigenvalue weighted by Gasteiger charge is -2.33. The highest BCUT2D eigenvalue weighted by atomic mass is 16.5. The molecule has 8 nitrogen and oxygen atoms in total. The van der Waals surface area contributed by atoms with Crippen LogP contribution in [-0.4, -0.2) is 53.0 Å². The summed E-state index contributed by atoms with van der Waals surface area (Å²) < 4.78 is 5.33. The lowest BCUT2D eigenvalue weighted by molar-refractivity contribution is -0.134. The van der Waals surface area contributed by atoms with Crippen molar-refractivity contribution < 1.29 is 14.1 Å². The molecule has 1 aliphatic heterocycles. The zero-order valence-electron chi connectivity index (χ0n) is 14.3. The molecular formula is C17H21N5O3.